The van der Waals surface area contributed by atoms with Crippen molar-refractivity contribution < 1.29 is 14.2 Å². The molecule has 0 bridgehead atoms. The summed E-state index contributed by atoms with van der Waals surface area (Å²) in [5.74, 6) is 3.77. The summed E-state index contributed by atoms with van der Waals surface area (Å²) in [7, 11) is 0. The second-order valence-corrected chi connectivity index (χ2v) is 14.0. The molecular weight excluding hydrogens is 643 g/mol. The highest BCUT2D eigenvalue weighted by Crippen LogP contribution is 2.37. The van der Waals surface area contributed by atoms with Crippen LogP contribution in [-0.4, -0.2) is 71.8 Å². The SMILES string of the molecule is CCCCn1c(-c2cccc(Oc3cc(Cl)cc(Cl)c3)c2)nc2c(OCCN3CCCCCC3)cc(OCCN3CCCCCC3)cc21. The van der Waals surface area contributed by atoms with Gasteiger partial charge in [-0.1, -0.05) is 74.4 Å². The van der Waals surface area contributed by atoms with E-state index >= 15 is 0 Å². The lowest BCUT2D eigenvalue weighted by Gasteiger charge is -2.21. The van der Waals surface area contributed by atoms with Crippen LogP contribution in [0.3, 0.4) is 0 Å². The van der Waals surface area contributed by atoms with Crippen molar-refractivity contribution in [3.05, 3.63) is 64.6 Å². The Bertz CT molecular complexity index is 1590. The van der Waals surface area contributed by atoms with Gasteiger partial charge in [0.25, 0.3) is 0 Å². The first-order chi connectivity index (χ1) is 23.6. The van der Waals surface area contributed by atoms with Crippen LogP contribution in [0.15, 0.2) is 54.6 Å². The first kappa shape index (κ1) is 34.9. The number of ether oxygens (including phenoxy) is 3. The Morgan fingerprint density at radius 1 is 0.667 bits per heavy atom. The molecule has 0 N–H and O–H groups in total. The summed E-state index contributed by atoms with van der Waals surface area (Å²) >= 11 is 12.5. The minimum absolute atomic E-state index is 0.530. The number of fused-ring (bicyclic) bond motifs is 1. The van der Waals surface area contributed by atoms with Gasteiger partial charge in [-0.3, -0.25) is 9.80 Å². The Labute approximate surface area is 296 Å². The van der Waals surface area contributed by atoms with Gasteiger partial charge in [-0.25, -0.2) is 4.98 Å². The Morgan fingerprint density at radius 2 is 1.31 bits per heavy atom. The fourth-order valence-electron chi connectivity index (χ4n) is 6.84. The van der Waals surface area contributed by atoms with Crippen molar-refractivity contribution >= 4 is 34.2 Å². The maximum Gasteiger partial charge on any atom is 0.150 e. The van der Waals surface area contributed by atoms with E-state index in [1.807, 2.05) is 18.2 Å². The zero-order valence-corrected chi connectivity index (χ0v) is 29.9. The molecule has 6 rings (SSSR count). The van der Waals surface area contributed by atoms with E-state index in [1.54, 1.807) is 18.2 Å². The first-order valence-electron chi connectivity index (χ1n) is 18.0. The molecule has 0 atom stereocenters. The van der Waals surface area contributed by atoms with Crippen molar-refractivity contribution in [1.29, 1.82) is 0 Å². The number of aromatic nitrogens is 2. The highest BCUT2D eigenvalue weighted by atomic mass is 35.5. The molecular formula is C39H50Cl2N4O3. The van der Waals surface area contributed by atoms with E-state index in [-0.39, 0.29) is 0 Å². The van der Waals surface area contributed by atoms with E-state index in [9.17, 15) is 0 Å². The largest absolute Gasteiger partial charge is 0.492 e. The highest BCUT2D eigenvalue weighted by Gasteiger charge is 2.20. The monoisotopic (exact) mass is 692 g/mol. The van der Waals surface area contributed by atoms with E-state index in [2.05, 4.69) is 39.5 Å². The molecule has 0 spiro atoms. The van der Waals surface area contributed by atoms with E-state index in [4.69, 9.17) is 42.4 Å². The summed E-state index contributed by atoms with van der Waals surface area (Å²) < 4.78 is 21.6. The van der Waals surface area contributed by atoms with Crippen molar-refractivity contribution in [3.8, 4) is 34.4 Å². The van der Waals surface area contributed by atoms with Crippen molar-refractivity contribution in [2.75, 3.05) is 52.5 Å². The van der Waals surface area contributed by atoms with Crippen LogP contribution in [0.5, 0.6) is 23.0 Å². The zero-order valence-electron chi connectivity index (χ0n) is 28.4. The molecule has 48 heavy (non-hydrogen) atoms. The number of halogens is 2. The Morgan fingerprint density at radius 3 is 1.96 bits per heavy atom. The topological polar surface area (TPSA) is 52.0 Å². The second-order valence-electron chi connectivity index (χ2n) is 13.2. The van der Waals surface area contributed by atoms with E-state index < -0.39 is 0 Å². The quantitative estimate of drug-likeness (QED) is 0.131. The molecule has 2 aliphatic rings. The molecule has 3 aromatic carbocycles. The van der Waals surface area contributed by atoms with Gasteiger partial charge in [-0.15, -0.1) is 0 Å². The molecule has 2 fully saturated rings. The summed E-state index contributed by atoms with van der Waals surface area (Å²) in [6, 6.07) is 17.5. The van der Waals surface area contributed by atoms with Gasteiger partial charge >= 0.3 is 0 Å². The van der Waals surface area contributed by atoms with Gasteiger partial charge < -0.3 is 18.8 Å². The normalized spacial score (nSPS) is 16.5. The third-order valence-electron chi connectivity index (χ3n) is 9.43. The molecule has 0 radical (unpaired) electrons. The minimum Gasteiger partial charge on any atom is -0.492 e. The predicted molar refractivity (Wildman–Crippen MR) is 197 cm³/mol. The number of hydrogen-bond donors (Lipinski definition) is 0. The van der Waals surface area contributed by atoms with Crippen molar-refractivity contribution in [1.82, 2.24) is 19.4 Å². The molecule has 0 aliphatic carbocycles. The Hall–Kier alpha value is -2.97. The van der Waals surface area contributed by atoms with Crippen LogP contribution >= 0.6 is 23.2 Å². The van der Waals surface area contributed by atoms with Gasteiger partial charge in [0.1, 0.15) is 41.8 Å². The van der Waals surface area contributed by atoms with Crippen molar-refractivity contribution in [3.63, 3.8) is 0 Å². The second kappa shape index (κ2) is 17.6. The summed E-state index contributed by atoms with van der Waals surface area (Å²) in [5, 5.41) is 1.06. The molecule has 3 heterocycles. The summed E-state index contributed by atoms with van der Waals surface area (Å²) in [6.07, 6.45) is 12.5. The number of imidazole rings is 1. The number of rotatable bonds is 14. The number of hydrogen-bond acceptors (Lipinski definition) is 6. The third-order valence-corrected chi connectivity index (χ3v) is 9.87. The fraction of sp³-hybridized carbons (Fsp3) is 0.513. The summed E-state index contributed by atoms with van der Waals surface area (Å²) in [5.41, 5.74) is 2.86. The average molecular weight is 694 g/mol. The first-order valence-corrected chi connectivity index (χ1v) is 18.8. The molecule has 2 aliphatic heterocycles. The highest BCUT2D eigenvalue weighted by molar-refractivity contribution is 6.34. The molecule has 0 amide bonds. The van der Waals surface area contributed by atoms with Crippen molar-refractivity contribution in [2.24, 2.45) is 0 Å². The smallest absolute Gasteiger partial charge is 0.150 e. The van der Waals surface area contributed by atoms with Crippen LogP contribution in [0.2, 0.25) is 10.0 Å². The lowest BCUT2D eigenvalue weighted by molar-refractivity contribution is 0.209. The molecule has 9 heteroatoms. The average Bonchev–Trinajstić information content (AvgIpc) is 3.25. The number of aryl methyl sites for hydroxylation is 1. The number of benzene rings is 3. The number of nitrogens with zero attached hydrogens (tertiary/aromatic N) is 4. The van der Waals surface area contributed by atoms with Crippen LogP contribution in [0.4, 0.5) is 0 Å². The molecule has 7 nitrogen and oxygen atoms in total. The standard InChI is InChI=1S/C39H50Cl2N4O3/c1-2-3-19-45-36-28-34(46-22-20-43-15-8-4-5-9-16-43)29-37(47-23-21-44-17-10-6-7-11-18-44)38(36)42-39(45)30-13-12-14-33(24-30)48-35-26-31(40)25-32(41)27-35/h12-14,24-29H,2-11,15-23H2,1H3. The molecule has 0 unspecified atom stereocenters. The predicted octanol–water partition coefficient (Wildman–Crippen LogP) is 10.1. The van der Waals surface area contributed by atoms with Gasteiger partial charge in [0.2, 0.25) is 0 Å². The van der Waals surface area contributed by atoms with Crippen molar-refractivity contribution in [2.45, 2.75) is 77.7 Å². The van der Waals surface area contributed by atoms with E-state index in [0.717, 1.165) is 92.6 Å². The molecule has 4 aromatic rings. The fourth-order valence-corrected chi connectivity index (χ4v) is 7.35. The maximum atomic E-state index is 6.59. The molecule has 258 valence electrons. The lowest BCUT2D eigenvalue weighted by atomic mass is 10.2. The maximum absolute atomic E-state index is 6.59. The Kier molecular flexibility index (Phi) is 12.8. The van der Waals surface area contributed by atoms with Gasteiger partial charge in [-0.2, -0.15) is 0 Å². The van der Waals surface area contributed by atoms with Gasteiger partial charge in [-0.05, 0) is 88.6 Å². The summed E-state index contributed by atoms with van der Waals surface area (Å²) in [6.45, 7) is 10.8. The Balaban J connectivity index is 1.30. The third kappa shape index (κ3) is 9.59. The van der Waals surface area contributed by atoms with Crippen LogP contribution in [0.1, 0.15) is 71.1 Å². The van der Waals surface area contributed by atoms with Crippen LogP contribution in [0.25, 0.3) is 22.4 Å². The van der Waals surface area contributed by atoms with Gasteiger partial charge in [0, 0.05) is 47.4 Å². The number of unbranched alkanes of at least 4 members (excludes halogenated alkanes) is 1. The molecule has 1 aromatic heterocycles. The van der Waals surface area contributed by atoms with E-state index in [1.165, 1.54) is 51.4 Å². The molecule has 0 saturated carbocycles. The van der Waals surface area contributed by atoms with Crippen LogP contribution < -0.4 is 14.2 Å². The van der Waals surface area contributed by atoms with Gasteiger partial charge in [0.15, 0.2) is 5.75 Å². The summed E-state index contributed by atoms with van der Waals surface area (Å²) in [4.78, 5) is 10.3. The number of likely N-dealkylation sites (tertiary alicyclic amines) is 2. The molecule has 2 saturated heterocycles. The zero-order chi connectivity index (χ0) is 33.1. The minimum atomic E-state index is 0.530. The lowest BCUT2D eigenvalue weighted by Crippen LogP contribution is -2.29. The van der Waals surface area contributed by atoms with Crippen LogP contribution in [-0.2, 0) is 6.54 Å². The van der Waals surface area contributed by atoms with Crippen LogP contribution in [0, 0.1) is 0 Å². The van der Waals surface area contributed by atoms with E-state index in [0.29, 0.717) is 34.8 Å². The van der Waals surface area contributed by atoms with Gasteiger partial charge in [0.05, 0.1) is 5.52 Å².